The number of fused-ring (bicyclic) bond motifs is 2. The molecule has 2 aromatic heterocycles. The van der Waals surface area contributed by atoms with E-state index in [1.54, 1.807) is 0 Å². The van der Waals surface area contributed by atoms with Crippen LogP contribution in [0.15, 0.2) is 170 Å². The van der Waals surface area contributed by atoms with Crippen molar-refractivity contribution >= 4 is 21.5 Å². The summed E-state index contributed by atoms with van der Waals surface area (Å²) < 4.78 is 0. The fraction of sp³-hybridized carbons (Fsp3) is 0. The van der Waals surface area contributed by atoms with Crippen molar-refractivity contribution in [2.45, 2.75) is 0 Å². The fourth-order valence-electron chi connectivity index (χ4n) is 6.29. The van der Waals surface area contributed by atoms with Crippen LogP contribution in [0.5, 0.6) is 0 Å². The van der Waals surface area contributed by atoms with Gasteiger partial charge in [-0.05, 0) is 85.3 Å². The molecule has 0 aliphatic rings. The first-order valence-electron chi connectivity index (χ1n) is 14.9. The molecule has 0 N–H and O–H groups in total. The highest BCUT2D eigenvalue weighted by molar-refractivity contribution is 6.22. The van der Waals surface area contributed by atoms with Gasteiger partial charge < -0.3 is 0 Å². The van der Waals surface area contributed by atoms with E-state index in [9.17, 15) is 0 Å². The van der Waals surface area contributed by atoms with Gasteiger partial charge in [-0.1, -0.05) is 127 Å². The minimum absolute atomic E-state index is 0.977. The van der Waals surface area contributed by atoms with Gasteiger partial charge in [-0.25, -0.2) is 0 Å². The lowest BCUT2D eigenvalue weighted by Gasteiger charge is -2.19. The Balaban J connectivity index is 1.38. The van der Waals surface area contributed by atoms with Crippen molar-refractivity contribution < 1.29 is 0 Å². The van der Waals surface area contributed by atoms with Crippen LogP contribution in [-0.2, 0) is 0 Å². The third-order valence-corrected chi connectivity index (χ3v) is 8.40. The second-order valence-electron chi connectivity index (χ2n) is 11.0. The zero-order valence-corrected chi connectivity index (χ0v) is 24.1. The van der Waals surface area contributed by atoms with Crippen LogP contribution in [0, 0.1) is 0 Å². The summed E-state index contributed by atoms with van der Waals surface area (Å²) in [4.78, 5) is 9.12. The maximum Gasteiger partial charge on any atom is 0.0701 e. The molecular formula is C42H28N2. The number of pyridine rings is 2. The first-order valence-corrected chi connectivity index (χ1v) is 14.9. The first kappa shape index (κ1) is 25.8. The zero-order chi connectivity index (χ0) is 29.3. The van der Waals surface area contributed by atoms with Crippen LogP contribution in [0.25, 0.3) is 77.4 Å². The summed E-state index contributed by atoms with van der Waals surface area (Å²) >= 11 is 0. The SMILES string of the molecule is c1ccc(-c2ccc3c(-c4ccc(-c5ccccn5)cc4)c4ccccc4c(-c4ccc(-c5ccccn5)cc4)c3c2)cc1. The molecule has 2 heteroatoms. The van der Waals surface area contributed by atoms with Crippen LogP contribution in [0.4, 0.5) is 0 Å². The zero-order valence-electron chi connectivity index (χ0n) is 24.1. The van der Waals surface area contributed by atoms with Gasteiger partial charge in [-0.2, -0.15) is 0 Å². The Labute approximate surface area is 257 Å². The van der Waals surface area contributed by atoms with Crippen molar-refractivity contribution in [1.82, 2.24) is 9.97 Å². The van der Waals surface area contributed by atoms with Gasteiger partial charge in [0.15, 0.2) is 0 Å². The maximum absolute atomic E-state index is 4.56. The minimum Gasteiger partial charge on any atom is -0.256 e. The number of rotatable bonds is 5. The van der Waals surface area contributed by atoms with E-state index < -0.39 is 0 Å². The first-order chi connectivity index (χ1) is 21.8. The minimum atomic E-state index is 0.977. The van der Waals surface area contributed by atoms with Crippen LogP contribution >= 0.6 is 0 Å². The van der Waals surface area contributed by atoms with Crippen molar-refractivity contribution in [2.75, 3.05) is 0 Å². The molecule has 0 aliphatic carbocycles. The van der Waals surface area contributed by atoms with E-state index in [1.807, 2.05) is 36.7 Å². The summed E-state index contributed by atoms with van der Waals surface area (Å²) in [6.45, 7) is 0. The smallest absolute Gasteiger partial charge is 0.0701 e. The van der Waals surface area contributed by atoms with Crippen molar-refractivity contribution in [3.8, 4) is 55.9 Å². The number of benzene rings is 6. The van der Waals surface area contributed by atoms with E-state index in [0.717, 1.165) is 22.5 Å². The van der Waals surface area contributed by atoms with Crippen molar-refractivity contribution in [3.05, 3.63) is 170 Å². The van der Waals surface area contributed by atoms with Crippen molar-refractivity contribution in [1.29, 1.82) is 0 Å². The lowest BCUT2D eigenvalue weighted by Crippen LogP contribution is -1.92. The van der Waals surface area contributed by atoms with E-state index in [4.69, 9.17) is 0 Å². The van der Waals surface area contributed by atoms with Gasteiger partial charge in [0, 0.05) is 23.5 Å². The van der Waals surface area contributed by atoms with Gasteiger partial charge >= 0.3 is 0 Å². The second kappa shape index (κ2) is 11.1. The molecule has 0 aliphatic heterocycles. The van der Waals surface area contributed by atoms with Crippen molar-refractivity contribution in [2.24, 2.45) is 0 Å². The molecule has 0 atom stereocenters. The third kappa shape index (κ3) is 4.63. The molecule has 0 unspecified atom stereocenters. The Hall–Kier alpha value is -5.86. The van der Waals surface area contributed by atoms with Crippen LogP contribution < -0.4 is 0 Å². The summed E-state index contributed by atoms with van der Waals surface area (Å²) in [5.41, 5.74) is 11.5. The molecule has 0 saturated heterocycles. The van der Waals surface area contributed by atoms with Gasteiger partial charge in [-0.15, -0.1) is 0 Å². The highest BCUT2D eigenvalue weighted by Crippen LogP contribution is 2.45. The summed E-state index contributed by atoms with van der Waals surface area (Å²) in [5.74, 6) is 0. The summed E-state index contributed by atoms with van der Waals surface area (Å²) in [7, 11) is 0. The normalized spacial score (nSPS) is 11.2. The standard InChI is InChI=1S/C42H28N2/c1-2-10-29(11-3-1)34-24-25-37-38(28-34)42(33-22-18-31(19-23-33)40-15-7-9-27-44-40)36-13-5-4-12-35(36)41(37)32-20-16-30(17-21-32)39-14-6-8-26-43-39/h1-28H. The number of hydrogen-bond acceptors (Lipinski definition) is 2. The van der Waals surface area contributed by atoms with E-state index in [-0.39, 0.29) is 0 Å². The monoisotopic (exact) mass is 560 g/mol. The third-order valence-electron chi connectivity index (χ3n) is 8.40. The van der Waals surface area contributed by atoms with Crippen LogP contribution in [0.3, 0.4) is 0 Å². The predicted molar refractivity (Wildman–Crippen MR) is 184 cm³/mol. The molecule has 0 amide bonds. The topological polar surface area (TPSA) is 25.8 Å². The Kier molecular flexibility index (Phi) is 6.51. The molecule has 0 spiro atoms. The van der Waals surface area contributed by atoms with Crippen LogP contribution in [0.2, 0.25) is 0 Å². The number of aromatic nitrogens is 2. The average molecular weight is 561 g/mol. The van der Waals surface area contributed by atoms with Gasteiger partial charge in [0.25, 0.3) is 0 Å². The molecular weight excluding hydrogens is 532 g/mol. The van der Waals surface area contributed by atoms with Gasteiger partial charge in [0.05, 0.1) is 11.4 Å². The highest BCUT2D eigenvalue weighted by Gasteiger charge is 2.18. The van der Waals surface area contributed by atoms with Crippen LogP contribution in [0.1, 0.15) is 0 Å². The quantitative estimate of drug-likeness (QED) is 0.196. The Morgan fingerprint density at radius 3 is 1.23 bits per heavy atom. The van der Waals surface area contributed by atoms with Crippen LogP contribution in [-0.4, -0.2) is 9.97 Å². The molecule has 206 valence electrons. The fourth-order valence-corrected chi connectivity index (χ4v) is 6.29. The maximum atomic E-state index is 4.56. The predicted octanol–water partition coefficient (Wildman–Crippen LogP) is 11.1. The summed E-state index contributed by atoms with van der Waals surface area (Å²) in [5, 5.41) is 4.94. The molecule has 0 saturated carbocycles. The Morgan fingerprint density at radius 1 is 0.273 bits per heavy atom. The molecule has 0 bridgehead atoms. The van der Waals surface area contributed by atoms with Gasteiger partial charge in [-0.3, -0.25) is 9.97 Å². The molecule has 8 aromatic rings. The van der Waals surface area contributed by atoms with Crippen molar-refractivity contribution in [3.63, 3.8) is 0 Å². The molecule has 2 nitrogen and oxygen atoms in total. The van der Waals surface area contributed by atoms with Gasteiger partial charge in [0.1, 0.15) is 0 Å². The molecule has 2 heterocycles. The highest BCUT2D eigenvalue weighted by atomic mass is 14.7. The molecule has 0 fully saturated rings. The van der Waals surface area contributed by atoms with E-state index in [2.05, 4.69) is 143 Å². The summed E-state index contributed by atoms with van der Waals surface area (Å²) in [6, 6.07) is 56.1. The lowest BCUT2D eigenvalue weighted by atomic mass is 9.84. The number of hydrogen-bond donors (Lipinski definition) is 0. The Bertz CT molecular complexity index is 2220. The molecule has 6 aromatic carbocycles. The Morgan fingerprint density at radius 2 is 0.705 bits per heavy atom. The van der Waals surface area contributed by atoms with E-state index in [1.165, 1.54) is 54.9 Å². The molecule has 0 radical (unpaired) electrons. The lowest BCUT2D eigenvalue weighted by molar-refractivity contribution is 1.33. The second-order valence-corrected chi connectivity index (χ2v) is 11.0. The number of nitrogens with zero attached hydrogens (tertiary/aromatic N) is 2. The largest absolute Gasteiger partial charge is 0.256 e. The molecule has 8 rings (SSSR count). The van der Waals surface area contributed by atoms with Gasteiger partial charge in [0.2, 0.25) is 0 Å². The van der Waals surface area contributed by atoms with E-state index >= 15 is 0 Å². The molecule has 44 heavy (non-hydrogen) atoms. The van der Waals surface area contributed by atoms with E-state index in [0.29, 0.717) is 0 Å². The average Bonchev–Trinajstić information content (AvgIpc) is 3.12. The summed E-state index contributed by atoms with van der Waals surface area (Å²) in [6.07, 6.45) is 3.69.